The molecule has 0 radical (unpaired) electrons. The predicted molar refractivity (Wildman–Crippen MR) is 81.0 cm³/mol. The monoisotopic (exact) mass is 353 g/mol. The molecule has 2 rings (SSSR count). The maximum absolute atomic E-state index is 14.1. The van der Waals surface area contributed by atoms with E-state index in [0.717, 1.165) is 6.07 Å². The van der Waals surface area contributed by atoms with Gasteiger partial charge in [-0.15, -0.1) is 0 Å². The van der Waals surface area contributed by atoms with Crippen LogP contribution in [0.25, 0.3) is 0 Å². The molecule has 130 valence electrons. The first kappa shape index (κ1) is 17.9. The predicted octanol–water partition coefficient (Wildman–Crippen LogP) is 2.24. The van der Waals surface area contributed by atoms with Gasteiger partial charge in [-0.1, -0.05) is 18.2 Å². The van der Waals surface area contributed by atoms with Gasteiger partial charge in [0, 0.05) is 5.56 Å². The first-order chi connectivity index (χ1) is 10.6. The normalized spacial score (nSPS) is 23.5. The van der Waals surface area contributed by atoms with E-state index in [1.807, 2.05) is 0 Å². The van der Waals surface area contributed by atoms with Crippen molar-refractivity contribution in [3.8, 4) is 0 Å². The molecule has 1 amide bonds. The van der Waals surface area contributed by atoms with Crippen LogP contribution >= 0.6 is 10.7 Å². The molecule has 1 atom stereocenters. The van der Waals surface area contributed by atoms with Crippen LogP contribution in [-0.2, 0) is 5.54 Å². The van der Waals surface area contributed by atoms with Crippen molar-refractivity contribution in [3.63, 3.8) is 0 Å². The Morgan fingerprint density at radius 3 is 2.48 bits per heavy atom. The molecule has 0 aliphatic carbocycles. The second-order valence-corrected chi connectivity index (χ2v) is 7.86. The van der Waals surface area contributed by atoms with Crippen molar-refractivity contribution in [1.82, 2.24) is 14.8 Å². The van der Waals surface area contributed by atoms with E-state index in [9.17, 15) is 22.5 Å². The van der Waals surface area contributed by atoms with E-state index < -0.39 is 47.1 Å². The SMILES string of the molecule is C[C@@](CS1(O)NCC(F)(F)CN1)(NC(=O)O)c1ccccc1F. The Balaban J connectivity index is 2.29. The van der Waals surface area contributed by atoms with Crippen molar-refractivity contribution in [2.24, 2.45) is 0 Å². The average molecular weight is 353 g/mol. The first-order valence-electron chi connectivity index (χ1n) is 6.72. The van der Waals surface area contributed by atoms with Gasteiger partial charge in [0.05, 0.1) is 24.4 Å². The van der Waals surface area contributed by atoms with Crippen LogP contribution in [0.3, 0.4) is 0 Å². The van der Waals surface area contributed by atoms with Crippen LogP contribution in [0.1, 0.15) is 12.5 Å². The van der Waals surface area contributed by atoms with Gasteiger partial charge < -0.3 is 15.0 Å². The lowest BCUT2D eigenvalue weighted by Gasteiger charge is -2.46. The van der Waals surface area contributed by atoms with Gasteiger partial charge in [-0.05, 0) is 23.7 Å². The highest BCUT2D eigenvalue weighted by Gasteiger charge is 2.44. The van der Waals surface area contributed by atoms with Crippen LogP contribution in [0.5, 0.6) is 0 Å². The molecule has 0 aromatic heterocycles. The molecule has 1 fully saturated rings. The van der Waals surface area contributed by atoms with Crippen molar-refractivity contribution in [2.45, 2.75) is 18.4 Å². The number of hydrogen-bond donors (Lipinski definition) is 5. The zero-order valence-electron chi connectivity index (χ0n) is 12.3. The molecule has 23 heavy (non-hydrogen) atoms. The molecule has 10 heteroatoms. The number of benzene rings is 1. The van der Waals surface area contributed by atoms with Gasteiger partial charge in [0.2, 0.25) is 0 Å². The first-order valence-corrected chi connectivity index (χ1v) is 8.48. The molecule has 6 nitrogen and oxygen atoms in total. The summed E-state index contributed by atoms with van der Waals surface area (Å²) in [5, 5.41) is 11.2. The largest absolute Gasteiger partial charge is 0.465 e. The smallest absolute Gasteiger partial charge is 0.405 e. The number of rotatable bonds is 4. The minimum atomic E-state index is -3.02. The van der Waals surface area contributed by atoms with E-state index in [1.54, 1.807) is 0 Å². The minimum Gasteiger partial charge on any atom is -0.465 e. The molecule has 0 bridgehead atoms. The quantitative estimate of drug-likeness (QED) is 0.572. The van der Waals surface area contributed by atoms with Crippen LogP contribution in [0.15, 0.2) is 24.3 Å². The van der Waals surface area contributed by atoms with Crippen molar-refractivity contribution in [3.05, 3.63) is 35.6 Å². The summed E-state index contributed by atoms with van der Waals surface area (Å²) in [6.07, 6.45) is -1.42. The van der Waals surface area contributed by atoms with Crippen molar-refractivity contribution >= 4 is 16.8 Å². The van der Waals surface area contributed by atoms with Gasteiger partial charge >= 0.3 is 6.09 Å². The number of carbonyl (C=O) groups is 1. The number of amides is 1. The van der Waals surface area contributed by atoms with E-state index in [0.29, 0.717) is 0 Å². The van der Waals surface area contributed by atoms with E-state index >= 15 is 0 Å². The average Bonchev–Trinajstić information content (AvgIpc) is 2.42. The molecule has 1 saturated heterocycles. The van der Waals surface area contributed by atoms with Crippen molar-refractivity contribution < 1.29 is 27.6 Å². The van der Waals surface area contributed by atoms with Crippen LogP contribution in [0, 0.1) is 5.82 Å². The lowest BCUT2D eigenvalue weighted by atomic mass is 9.94. The van der Waals surface area contributed by atoms with Gasteiger partial charge in [0.25, 0.3) is 5.92 Å². The molecule has 1 aliphatic rings. The second kappa shape index (κ2) is 6.19. The minimum absolute atomic E-state index is 0.0178. The van der Waals surface area contributed by atoms with Gasteiger partial charge in [0.1, 0.15) is 5.82 Å². The maximum atomic E-state index is 14.1. The summed E-state index contributed by atoms with van der Waals surface area (Å²) >= 11 is 0. The number of alkyl halides is 2. The van der Waals surface area contributed by atoms with Crippen LogP contribution in [0.4, 0.5) is 18.0 Å². The zero-order valence-corrected chi connectivity index (χ0v) is 13.1. The van der Waals surface area contributed by atoms with Crippen LogP contribution in [0.2, 0.25) is 0 Å². The Kier molecular flexibility index (Phi) is 4.81. The third-order valence-corrected chi connectivity index (χ3v) is 5.73. The molecule has 1 aromatic rings. The fourth-order valence-electron chi connectivity index (χ4n) is 2.41. The van der Waals surface area contributed by atoms with Crippen LogP contribution < -0.4 is 14.8 Å². The molecule has 1 aliphatic heterocycles. The third kappa shape index (κ3) is 4.28. The number of carboxylic acid groups (broad SMARTS) is 1. The van der Waals surface area contributed by atoms with E-state index in [4.69, 9.17) is 5.11 Å². The summed E-state index contributed by atoms with van der Waals surface area (Å²) in [7, 11) is -2.95. The topological polar surface area (TPSA) is 93.6 Å². The fraction of sp³-hybridized carbons (Fsp3) is 0.462. The summed E-state index contributed by atoms with van der Waals surface area (Å²) in [5.41, 5.74) is -1.49. The standard InChI is InChI=1S/C13H18F3N3O3S/c1-12(19-11(20)21,9-4-2-3-5-10(9)14)8-23(22)17-6-13(15,16)7-18-23/h2-5,17-19,22H,6-8H2,1H3,(H,20,21)/t12-/m0/s1. The van der Waals surface area contributed by atoms with E-state index in [-0.39, 0.29) is 11.3 Å². The summed E-state index contributed by atoms with van der Waals surface area (Å²) in [6, 6.07) is 5.51. The Morgan fingerprint density at radius 2 is 1.96 bits per heavy atom. The Hall–Kier alpha value is -1.49. The summed E-state index contributed by atoms with van der Waals surface area (Å²) in [6.45, 7) is -0.0981. The number of nitrogens with one attached hydrogen (secondary N) is 3. The molecule has 0 saturated carbocycles. The summed E-state index contributed by atoms with van der Waals surface area (Å²) < 4.78 is 55.6. The Bertz CT molecular complexity index is 595. The molecule has 1 heterocycles. The van der Waals surface area contributed by atoms with Crippen molar-refractivity contribution in [1.29, 1.82) is 0 Å². The third-order valence-electron chi connectivity index (χ3n) is 3.49. The molecular weight excluding hydrogens is 335 g/mol. The van der Waals surface area contributed by atoms with Crippen LogP contribution in [-0.4, -0.2) is 40.5 Å². The van der Waals surface area contributed by atoms with E-state index in [2.05, 4.69) is 14.8 Å². The highest BCUT2D eigenvalue weighted by molar-refractivity contribution is 8.25. The second-order valence-electron chi connectivity index (χ2n) is 5.59. The molecule has 1 aromatic carbocycles. The molecule has 5 N–H and O–H groups in total. The summed E-state index contributed by atoms with van der Waals surface area (Å²) in [4.78, 5) is 11.1. The highest BCUT2D eigenvalue weighted by Crippen LogP contribution is 2.44. The maximum Gasteiger partial charge on any atom is 0.405 e. The van der Waals surface area contributed by atoms with Gasteiger partial charge in [-0.25, -0.2) is 27.4 Å². The lowest BCUT2D eigenvalue weighted by Crippen LogP contribution is -2.57. The van der Waals surface area contributed by atoms with Gasteiger partial charge in [0.15, 0.2) is 0 Å². The Labute approximate surface area is 132 Å². The highest BCUT2D eigenvalue weighted by atomic mass is 32.3. The van der Waals surface area contributed by atoms with E-state index in [1.165, 1.54) is 25.1 Å². The van der Waals surface area contributed by atoms with Crippen molar-refractivity contribution in [2.75, 3.05) is 18.8 Å². The number of hydrogen-bond acceptors (Lipinski definition) is 4. The van der Waals surface area contributed by atoms with Gasteiger partial charge in [-0.2, -0.15) is 0 Å². The zero-order chi connectivity index (χ0) is 17.3. The molecule has 0 unspecified atom stereocenters. The van der Waals surface area contributed by atoms with Gasteiger partial charge in [-0.3, -0.25) is 0 Å². The Morgan fingerprint density at radius 1 is 1.39 bits per heavy atom. The molecule has 0 spiro atoms. The summed E-state index contributed by atoms with van der Waals surface area (Å²) in [5.74, 6) is -4.00. The number of halogens is 3. The molecular formula is C13H18F3N3O3S. The fourth-order valence-corrected chi connectivity index (χ4v) is 4.68. The lowest BCUT2D eigenvalue weighted by molar-refractivity contribution is 0.00748.